The minimum Gasteiger partial charge on any atom is -0.456 e. The van der Waals surface area contributed by atoms with Crippen LogP contribution in [-0.4, -0.2) is 26.5 Å². The van der Waals surface area contributed by atoms with Crippen LogP contribution >= 0.6 is 11.3 Å². The molecule has 34 heavy (non-hydrogen) atoms. The van der Waals surface area contributed by atoms with E-state index in [0.717, 1.165) is 11.4 Å². The molecule has 0 spiro atoms. The molecule has 2 aromatic carbocycles. The first-order chi connectivity index (χ1) is 16.3. The van der Waals surface area contributed by atoms with Gasteiger partial charge in [-0.25, -0.2) is 14.2 Å². The Hall–Kier alpha value is -3.92. The van der Waals surface area contributed by atoms with Gasteiger partial charge in [0.15, 0.2) is 0 Å². The van der Waals surface area contributed by atoms with E-state index in [1.54, 1.807) is 18.2 Å². The Morgan fingerprint density at radius 3 is 2.71 bits per heavy atom. The Bertz CT molecular complexity index is 1430. The van der Waals surface area contributed by atoms with Gasteiger partial charge in [0.1, 0.15) is 17.4 Å². The highest BCUT2D eigenvalue weighted by atomic mass is 32.1. The number of nitrogens with one attached hydrogen (secondary N) is 1. The van der Waals surface area contributed by atoms with Crippen molar-refractivity contribution < 1.29 is 18.7 Å². The summed E-state index contributed by atoms with van der Waals surface area (Å²) in [4.78, 5) is 42.0. The second-order valence-electron chi connectivity index (χ2n) is 7.96. The molecular weight excluding hydrogens is 459 g/mol. The topological polar surface area (TPSA) is 103 Å². The molecule has 0 saturated carbocycles. The minimum absolute atomic E-state index is 0.108. The van der Waals surface area contributed by atoms with E-state index in [4.69, 9.17) is 4.74 Å². The number of ether oxygens (including phenoxy) is 1. The molecule has 4 aromatic rings. The summed E-state index contributed by atoms with van der Waals surface area (Å²) in [5.74, 6) is -1.55. The molecule has 1 amide bonds. The molecule has 0 aliphatic heterocycles. The summed E-state index contributed by atoms with van der Waals surface area (Å²) in [6.07, 6.45) is 0.738. The van der Waals surface area contributed by atoms with Crippen LogP contribution < -0.4 is 10.9 Å². The quantitative estimate of drug-likeness (QED) is 0.400. The third kappa shape index (κ3) is 5.34. The third-order valence-electron chi connectivity index (χ3n) is 4.75. The normalized spacial score (nSPS) is 11.1. The van der Waals surface area contributed by atoms with Gasteiger partial charge in [-0.2, -0.15) is 9.61 Å². The zero-order valence-electron chi connectivity index (χ0n) is 18.4. The van der Waals surface area contributed by atoms with Crippen molar-refractivity contribution in [1.29, 1.82) is 0 Å². The van der Waals surface area contributed by atoms with Crippen LogP contribution in [0.4, 0.5) is 10.1 Å². The number of anilines is 1. The maximum Gasteiger partial charge on any atom is 0.338 e. The van der Waals surface area contributed by atoms with Gasteiger partial charge in [-0.05, 0) is 36.2 Å². The number of rotatable bonds is 7. The lowest BCUT2D eigenvalue weighted by atomic mass is 10.1. The largest absolute Gasteiger partial charge is 0.456 e. The fraction of sp³-hybridized carbons (Fsp3) is 0.208. The van der Waals surface area contributed by atoms with E-state index < -0.39 is 17.7 Å². The van der Waals surface area contributed by atoms with Crippen molar-refractivity contribution in [2.24, 2.45) is 5.92 Å². The molecule has 0 aliphatic rings. The number of carbonyl (C=O) groups is 2. The van der Waals surface area contributed by atoms with E-state index in [9.17, 15) is 18.8 Å². The van der Waals surface area contributed by atoms with Crippen LogP contribution in [0.25, 0.3) is 4.96 Å². The second-order valence-corrected chi connectivity index (χ2v) is 9.01. The maximum atomic E-state index is 13.8. The molecule has 0 radical (unpaired) electrons. The number of esters is 1. The van der Waals surface area contributed by atoms with Crippen molar-refractivity contribution in [3.05, 3.63) is 92.6 Å². The van der Waals surface area contributed by atoms with Gasteiger partial charge < -0.3 is 10.1 Å². The van der Waals surface area contributed by atoms with Crippen LogP contribution in [0, 0.1) is 11.7 Å². The van der Waals surface area contributed by atoms with Crippen LogP contribution in [0.3, 0.4) is 0 Å². The molecule has 1 N–H and O–H groups in total. The molecule has 0 saturated heterocycles. The van der Waals surface area contributed by atoms with Gasteiger partial charge >= 0.3 is 5.97 Å². The van der Waals surface area contributed by atoms with Crippen molar-refractivity contribution in [2.75, 3.05) is 5.32 Å². The average molecular weight is 481 g/mol. The lowest BCUT2D eigenvalue weighted by Crippen LogP contribution is -2.17. The van der Waals surface area contributed by atoms with Gasteiger partial charge in [0.2, 0.25) is 4.96 Å². The summed E-state index contributed by atoms with van der Waals surface area (Å²) in [6.45, 7) is 3.93. The maximum absolute atomic E-state index is 13.8. The highest BCUT2D eigenvalue weighted by molar-refractivity contribution is 7.16. The summed E-state index contributed by atoms with van der Waals surface area (Å²) in [6, 6.07) is 13.0. The number of amides is 1. The van der Waals surface area contributed by atoms with Gasteiger partial charge in [-0.15, -0.1) is 0 Å². The summed E-state index contributed by atoms with van der Waals surface area (Å²) >= 11 is 1.32. The number of carbonyl (C=O) groups excluding carboxylic acids is 2. The Labute approximate surface area is 198 Å². The molecule has 174 valence electrons. The van der Waals surface area contributed by atoms with Crippen LogP contribution in [0.2, 0.25) is 0 Å². The number of nitrogens with zero attached hydrogens (tertiary/aromatic N) is 3. The van der Waals surface area contributed by atoms with Crippen LogP contribution in [0.1, 0.15) is 45.3 Å². The second kappa shape index (κ2) is 9.92. The SMILES string of the molecule is CC(C)Cc1nn2c(=O)cc(COC(=O)c3cccc(NC(=O)c4ccccc4F)c3)nc2s1. The molecule has 0 atom stereocenters. The Balaban J connectivity index is 1.44. The third-order valence-corrected chi connectivity index (χ3v) is 5.68. The lowest BCUT2D eigenvalue weighted by Gasteiger charge is -2.08. The Morgan fingerprint density at radius 2 is 1.94 bits per heavy atom. The molecule has 4 rings (SSSR count). The van der Waals surface area contributed by atoms with Crippen molar-refractivity contribution in [1.82, 2.24) is 14.6 Å². The molecule has 8 nitrogen and oxygen atoms in total. The number of benzene rings is 2. The first kappa shape index (κ1) is 23.2. The number of halogens is 1. The molecule has 2 heterocycles. The van der Waals surface area contributed by atoms with Gasteiger partial charge in [0, 0.05) is 18.2 Å². The smallest absolute Gasteiger partial charge is 0.338 e. The van der Waals surface area contributed by atoms with Crippen molar-refractivity contribution in [2.45, 2.75) is 26.9 Å². The molecule has 0 unspecified atom stereocenters. The standard InChI is InChI=1S/C24H21FN4O4S/c1-14(2)10-20-28-29-21(30)12-17(27-24(29)34-20)13-33-23(32)15-6-5-7-16(11-15)26-22(31)18-8-3-4-9-19(18)25/h3-9,11-12,14H,10,13H2,1-2H3,(H,26,31). The predicted molar refractivity (Wildman–Crippen MR) is 126 cm³/mol. The van der Waals surface area contributed by atoms with E-state index in [-0.39, 0.29) is 23.3 Å². The summed E-state index contributed by atoms with van der Waals surface area (Å²) in [5.41, 5.74) is 0.342. The molecule has 0 bridgehead atoms. The Kier molecular flexibility index (Phi) is 6.78. The van der Waals surface area contributed by atoms with Gasteiger partial charge in [-0.3, -0.25) is 9.59 Å². The number of hydrogen-bond donors (Lipinski definition) is 1. The summed E-state index contributed by atoms with van der Waals surface area (Å²) in [5, 5.41) is 7.66. The minimum atomic E-state index is -0.659. The van der Waals surface area contributed by atoms with Gasteiger partial charge in [0.25, 0.3) is 11.5 Å². The first-order valence-corrected chi connectivity index (χ1v) is 11.3. The zero-order valence-corrected chi connectivity index (χ0v) is 19.3. The molecule has 0 fully saturated rings. The average Bonchev–Trinajstić information content (AvgIpc) is 3.20. The fourth-order valence-corrected chi connectivity index (χ4v) is 4.32. The summed E-state index contributed by atoms with van der Waals surface area (Å²) in [7, 11) is 0. The molecule has 0 aliphatic carbocycles. The molecular formula is C24H21FN4O4S. The fourth-order valence-electron chi connectivity index (χ4n) is 3.19. The van der Waals surface area contributed by atoms with Crippen LogP contribution in [0.15, 0.2) is 59.4 Å². The summed E-state index contributed by atoms with van der Waals surface area (Å²) < 4.78 is 20.4. The number of aromatic nitrogens is 3. The highest BCUT2D eigenvalue weighted by Crippen LogP contribution is 2.17. The van der Waals surface area contributed by atoms with E-state index in [1.165, 1.54) is 52.3 Å². The van der Waals surface area contributed by atoms with E-state index in [2.05, 4.69) is 29.2 Å². The lowest BCUT2D eigenvalue weighted by molar-refractivity contribution is 0.0467. The van der Waals surface area contributed by atoms with Crippen molar-refractivity contribution in [3.63, 3.8) is 0 Å². The molecule has 10 heteroatoms. The Morgan fingerprint density at radius 1 is 1.15 bits per heavy atom. The van der Waals surface area contributed by atoms with E-state index >= 15 is 0 Å². The molecule has 2 aromatic heterocycles. The van der Waals surface area contributed by atoms with Crippen molar-refractivity contribution in [3.8, 4) is 0 Å². The van der Waals surface area contributed by atoms with E-state index in [0.29, 0.717) is 22.3 Å². The highest BCUT2D eigenvalue weighted by Gasteiger charge is 2.15. The number of hydrogen-bond acceptors (Lipinski definition) is 7. The van der Waals surface area contributed by atoms with Gasteiger partial charge in [-0.1, -0.05) is 43.4 Å². The van der Waals surface area contributed by atoms with Gasteiger partial charge in [0.05, 0.1) is 16.8 Å². The first-order valence-electron chi connectivity index (χ1n) is 10.5. The predicted octanol–water partition coefficient (Wildman–Crippen LogP) is 4.10. The monoisotopic (exact) mass is 480 g/mol. The van der Waals surface area contributed by atoms with Crippen molar-refractivity contribution >= 4 is 33.9 Å². The van der Waals surface area contributed by atoms with Crippen LogP contribution in [-0.2, 0) is 17.8 Å². The number of fused-ring (bicyclic) bond motifs is 1. The van der Waals surface area contributed by atoms with E-state index in [1.807, 2.05) is 0 Å². The van der Waals surface area contributed by atoms with Crippen LogP contribution in [0.5, 0.6) is 0 Å². The zero-order chi connectivity index (χ0) is 24.2.